The number of nitrogens with zero attached hydrogens (tertiary/aromatic N) is 1. The highest BCUT2D eigenvalue weighted by Gasteiger charge is 2.40. The topological polar surface area (TPSA) is 35.5 Å². The molecule has 3 nitrogen and oxygen atoms in total. The molecule has 8 heteroatoms. The van der Waals surface area contributed by atoms with Crippen molar-refractivity contribution >= 4 is 24.0 Å². The number of benzene rings is 1. The fourth-order valence-electron chi connectivity index (χ4n) is 3.12. The average molecular weight is 387 g/mol. The Labute approximate surface area is 151 Å². The van der Waals surface area contributed by atoms with Crippen molar-refractivity contribution in [3.63, 3.8) is 0 Å². The maximum atomic E-state index is 13.2. The number of nitrogens with one attached hydrogen (secondary N) is 1. The predicted octanol–water partition coefficient (Wildman–Crippen LogP) is 3.75. The number of hydrogen-bond acceptors (Lipinski definition) is 3. The van der Waals surface area contributed by atoms with E-state index < -0.39 is 17.2 Å². The molecule has 1 aromatic carbocycles. The molecule has 1 aromatic rings. The molecule has 1 heterocycles. The molecule has 0 bridgehead atoms. The number of alkyl halides is 3. The van der Waals surface area contributed by atoms with Gasteiger partial charge >= 0.3 is 6.18 Å². The Kier molecular flexibility index (Phi) is 7.38. The Morgan fingerprint density at radius 2 is 1.83 bits per heavy atom. The standard InChI is InChI=1S/C16H22ClF3N2O.ClH/c1-15(2,10-23)14(22-8-6-21-7-9-22)11-4-3-5-12(13(11)17)16(18,19)20;/h3-5,14,21,23H,6-10H2,1-2H3;1H/t14-;/m1./s1. The second kappa shape index (κ2) is 8.23. The fraction of sp³-hybridized carbons (Fsp3) is 0.625. The summed E-state index contributed by atoms with van der Waals surface area (Å²) in [5.74, 6) is 0. The van der Waals surface area contributed by atoms with Crippen molar-refractivity contribution in [2.45, 2.75) is 26.1 Å². The van der Waals surface area contributed by atoms with Gasteiger partial charge in [0.25, 0.3) is 0 Å². The lowest BCUT2D eigenvalue weighted by Gasteiger charge is -2.44. The number of halogens is 5. The lowest BCUT2D eigenvalue weighted by Crippen LogP contribution is -2.49. The van der Waals surface area contributed by atoms with Gasteiger partial charge < -0.3 is 10.4 Å². The Balaban J connectivity index is 0.00000288. The van der Waals surface area contributed by atoms with Crippen LogP contribution >= 0.6 is 24.0 Å². The van der Waals surface area contributed by atoms with Crippen LogP contribution in [0.15, 0.2) is 18.2 Å². The molecule has 2 N–H and O–H groups in total. The number of hydrogen-bond donors (Lipinski definition) is 2. The SMILES string of the molecule is CC(C)(CO)[C@@H](c1cccc(C(F)(F)F)c1Cl)N1CCNCC1.Cl. The third kappa shape index (κ3) is 4.55. The summed E-state index contributed by atoms with van der Waals surface area (Å²) in [5, 5.41) is 12.7. The first-order valence-electron chi connectivity index (χ1n) is 7.59. The van der Waals surface area contributed by atoms with E-state index in [1.54, 1.807) is 6.07 Å². The zero-order chi connectivity index (χ0) is 17.3. The van der Waals surface area contributed by atoms with Crippen LogP contribution in [0, 0.1) is 5.41 Å². The molecular weight excluding hydrogens is 364 g/mol. The summed E-state index contributed by atoms with van der Waals surface area (Å²) in [7, 11) is 0. The molecule has 1 fully saturated rings. The van der Waals surface area contributed by atoms with E-state index in [9.17, 15) is 18.3 Å². The van der Waals surface area contributed by atoms with Gasteiger partial charge in [0.05, 0.1) is 10.6 Å². The highest BCUT2D eigenvalue weighted by atomic mass is 35.5. The van der Waals surface area contributed by atoms with E-state index in [2.05, 4.69) is 10.2 Å². The highest BCUT2D eigenvalue weighted by Crippen LogP contribution is 2.44. The Morgan fingerprint density at radius 1 is 1.25 bits per heavy atom. The van der Waals surface area contributed by atoms with Crippen molar-refractivity contribution < 1.29 is 18.3 Å². The molecule has 24 heavy (non-hydrogen) atoms. The maximum absolute atomic E-state index is 13.2. The summed E-state index contributed by atoms with van der Waals surface area (Å²) in [5.41, 5.74) is -1.03. The van der Waals surface area contributed by atoms with Crippen LogP contribution < -0.4 is 5.32 Å². The largest absolute Gasteiger partial charge is 0.417 e. The number of aliphatic hydroxyl groups is 1. The van der Waals surface area contributed by atoms with Crippen LogP contribution in [0.25, 0.3) is 0 Å². The van der Waals surface area contributed by atoms with Crippen molar-refractivity contribution in [1.29, 1.82) is 0 Å². The molecular formula is C16H23Cl2F3N2O. The Bertz CT molecular complexity index is 547. The molecule has 0 amide bonds. The minimum Gasteiger partial charge on any atom is -0.396 e. The first kappa shape index (κ1) is 21.5. The summed E-state index contributed by atoms with van der Waals surface area (Å²) in [4.78, 5) is 2.09. The molecule has 0 spiro atoms. The summed E-state index contributed by atoms with van der Waals surface area (Å²) >= 11 is 6.13. The van der Waals surface area contributed by atoms with Gasteiger partial charge in [-0.1, -0.05) is 37.6 Å². The van der Waals surface area contributed by atoms with Crippen molar-refractivity contribution in [3.05, 3.63) is 34.3 Å². The van der Waals surface area contributed by atoms with Gasteiger partial charge in [-0.15, -0.1) is 12.4 Å². The number of piperazine rings is 1. The first-order valence-corrected chi connectivity index (χ1v) is 7.97. The van der Waals surface area contributed by atoms with E-state index in [1.165, 1.54) is 6.07 Å². The molecule has 0 saturated carbocycles. The Morgan fingerprint density at radius 3 is 2.33 bits per heavy atom. The quantitative estimate of drug-likeness (QED) is 0.826. The monoisotopic (exact) mass is 386 g/mol. The van der Waals surface area contributed by atoms with Crippen LogP contribution in [0.2, 0.25) is 5.02 Å². The second-order valence-corrected chi connectivity index (χ2v) is 6.92. The molecule has 0 aromatic heterocycles. The highest BCUT2D eigenvalue weighted by molar-refractivity contribution is 6.32. The summed E-state index contributed by atoms with van der Waals surface area (Å²) in [6.45, 7) is 6.45. The first-order chi connectivity index (χ1) is 10.7. The van der Waals surface area contributed by atoms with Gasteiger partial charge in [-0.2, -0.15) is 13.2 Å². The van der Waals surface area contributed by atoms with Gasteiger partial charge in [-0.3, -0.25) is 4.90 Å². The van der Waals surface area contributed by atoms with Gasteiger partial charge in [0.2, 0.25) is 0 Å². The van der Waals surface area contributed by atoms with E-state index in [-0.39, 0.29) is 30.1 Å². The smallest absolute Gasteiger partial charge is 0.396 e. The molecule has 1 aliphatic heterocycles. The zero-order valence-corrected chi connectivity index (χ0v) is 15.2. The van der Waals surface area contributed by atoms with Crippen LogP contribution in [0.4, 0.5) is 13.2 Å². The van der Waals surface area contributed by atoms with Crippen molar-refractivity contribution in [2.24, 2.45) is 5.41 Å². The van der Waals surface area contributed by atoms with Gasteiger partial charge in [0.15, 0.2) is 0 Å². The van der Waals surface area contributed by atoms with Crippen molar-refractivity contribution in [3.8, 4) is 0 Å². The third-order valence-electron chi connectivity index (χ3n) is 4.29. The van der Waals surface area contributed by atoms with Gasteiger partial charge in [-0.05, 0) is 11.6 Å². The van der Waals surface area contributed by atoms with Crippen molar-refractivity contribution in [2.75, 3.05) is 32.8 Å². The normalized spacial score (nSPS) is 18.1. The van der Waals surface area contributed by atoms with E-state index in [4.69, 9.17) is 11.6 Å². The second-order valence-electron chi connectivity index (χ2n) is 6.54. The van der Waals surface area contributed by atoms with Crippen LogP contribution in [0.3, 0.4) is 0 Å². The minimum atomic E-state index is -4.50. The molecule has 1 saturated heterocycles. The van der Waals surface area contributed by atoms with Gasteiger partial charge in [-0.25, -0.2) is 0 Å². The van der Waals surface area contributed by atoms with Crippen LogP contribution in [0.1, 0.15) is 31.0 Å². The summed E-state index contributed by atoms with van der Waals surface area (Å²) in [6, 6.07) is 3.62. The van der Waals surface area contributed by atoms with Gasteiger partial charge in [0.1, 0.15) is 0 Å². The number of aliphatic hydroxyl groups excluding tert-OH is 1. The predicted molar refractivity (Wildman–Crippen MR) is 91.8 cm³/mol. The van der Waals surface area contributed by atoms with Crippen LogP contribution in [-0.2, 0) is 6.18 Å². The Hall–Kier alpha value is -0.530. The number of rotatable bonds is 4. The molecule has 138 valence electrons. The molecule has 0 unspecified atom stereocenters. The molecule has 2 rings (SSSR count). The maximum Gasteiger partial charge on any atom is 0.417 e. The lowest BCUT2D eigenvalue weighted by molar-refractivity contribution is -0.137. The summed E-state index contributed by atoms with van der Waals surface area (Å²) < 4.78 is 39.5. The molecule has 0 radical (unpaired) electrons. The average Bonchev–Trinajstić information content (AvgIpc) is 2.49. The van der Waals surface area contributed by atoms with E-state index >= 15 is 0 Å². The molecule has 1 aliphatic rings. The minimum absolute atomic E-state index is 0. The van der Waals surface area contributed by atoms with Gasteiger partial charge in [0, 0.05) is 44.2 Å². The van der Waals surface area contributed by atoms with Crippen molar-refractivity contribution in [1.82, 2.24) is 10.2 Å². The van der Waals surface area contributed by atoms with E-state index in [0.717, 1.165) is 19.2 Å². The van der Waals surface area contributed by atoms with Crippen LogP contribution in [0.5, 0.6) is 0 Å². The van der Waals surface area contributed by atoms with Crippen LogP contribution in [-0.4, -0.2) is 42.8 Å². The summed E-state index contributed by atoms with van der Waals surface area (Å²) in [6.07, 6.45) is -4.50. The molecule has 1 atom stereocenters. The lowest BCUT2D eigenvalue weighted by atomic mass is 9.79. The third-order valence-corrected chi connectivity index (χ3v) is 4.71. The fourth-order valence-corrected chi connectivity index (χ4v) is 3.46. The zero-order valence-electron chi connectivity index (χ0n) is 13.7. The van der Waals surface area contributed by atoms with E-state index in [0.29, 0.717) is 18.7 Å². The molecule has 0 aliphatic carbocycles. The van der Waals surface area contributed by atoms with E-state index in [1.807, 2.05) is 13.8 Å².